The van der Waals surface area contributed by atoms with Crippen molar-refractivity contribution in [1.29, 1.82) is 0 Å². The maximum Gasteiger partial charge on any atom is 0.0460 e. The molecular formula is C16H19Br2N. The van der Waals surface area contributed by atoms with Gasteiger partial charge in [-0.2, -0.15) is 0 Å². The molecule has 0 unspecified atom stereocenters. The zero-order valence-corrected chi connectivity index (χ0v) is 14.1. The molecule has 0 amide bonds. The summed E-state index contributed by atoms with van der Waals surface area (Å²) in [6, 6.07) is 21.0. The van der Waals surface area contributed by atoms with E-state index >= 15 is 0 Å². The highest BCUT2D eigenvalue weighted by molar-refractivity contribution is 9.10. The van der Waals surface area contributed by atoms with Gasteiger partial charge in [0.1, 0.15) is 0 Å². The summed E-state index contributed by atoms with van der Waals surface area (Å²) in [6.07, 6.45) is 1.89. The van der Waals surface area contributed by atoms with E-state index in [-0.39, 0.29) is 21.3 Å². The van der Waals surface area contributed by atoms with E-state index in [4.69, 9.17) is 5.73 Å². The molecule has 2 N–H and O–H groups in total. The molecule has 2 aromatic carbocycles. The minimum atomic E-state index is -0.0598. The Hall–Kier alpha value is -0.640. The topological polar surface area (TPSA) is 26.0 Å². The molecule has 0 spiro atoms. The summed E-state index contributed by atoms with van der Waals surface area (Å²) in [5.74, 6) is 0. The lowest BCUT2D eigenvalue weighted by atomic mass is 9.92. The number of hydrogen-bond donors (Lipinski definition) is 1. The molecule has 0 heterocycles. The van der Waals surface area contributed by atoms with Gasteiger partial charge in [0.25, 0.3) is 0 Å². The van der Waals surface area contributed by atoms with Crippen LogP contribution in [0.2, 0.25) is 0 Å². The lowest BCUT2D eigenvalue weighted by Crippen LogP contribution is -2.36. The van der Waals surface area contributed by atoms with Crippen LogP contribution in [0.15, 0.2) is 60.7 Å². The van der Waals surface area contributed by atoms with Crippen LogP contribution in [0.4, 0.5) is 0 Å². The van der Waals surface area contributed by atoms with Crippen molar-refractivity contribution in [2.45, 2.75) is 17.2 Å². The van der Waals surface area contributed by atoms with E-state index in [1.54, 1.807) is 0 Å². The van der Waals surface area contributed by atoms with E-state index in [9.17, 15) is 0 Å². The first kappa shape index (κ1) is 16.4. The predicted octanol–water partition coefficient (Wildman–Crippen LogP) is 4.14. The molecule has 0 aliphatic heterocycles. The van der Waals surface area contributed by atoms with Crippen LogP contribution in [0, 0.1) is 0 Å². The summed E-state index contributed by atoms with van der Waals surface area (Å²) in [5, 5.41) is 0. The minimum absolute atomic E-state index is 0. The lowest BCUT2D eigenvalue weighted by Gasteiger charge is -2.26. The molecule has 2 aromatic rings. The largest absolute Gasteiger partial charge is 0.329 e. The Labute approximate surface area is 134 Å². The van der Waals surface area contributed by atoms with Gasteiger partial charge >= 0.3 is 0 Å². The van der Waals surface area contributed by atoms with E-state index in [0.717, 1.165) is 12.8 Å². The summed E-state index contributed by atoms with van der Waals surface area (Å²) >= 11 is 3.83. The van der Waals surface area contributed by atoms with Crippen molar-refractivity contribution in [3.8, 4) is 0 Å². The van der Waals surface area contributed by atoms with Crippen molar-refractivity contribution in [1.82, 2.24) is 0 Å². The van der Waals surface area contributed by atoms with Gasteiger partial charge in [0.05, 0.1) is 0 Å². The molecule has 0 atom stereocenters. The smallest absolute Gasteiger partial charge is 0.0460 e. The number of rotatable bonds is 5. The van der Waals surface area contributed by atoms with Crippen LogP contribution in [0.25, 0.3) is 0 Å². The molecule has 0 aliphatic carbocycles. The van der Waals surface area contributed by atoms with E-state index in [0.29, 0.717) is 6.54 Å². The standard InChI is InChI=1S/C16H18BrN.BrH/c17-16(13-18,11-14-7-3-1-4-8-14)12-15-9-5-2-6-10-15;/h1-10H,11-13,18H2;1H. The van der Waals surface area contributed by atoms with Gasteiger partial charge < -0.3 is 5.73 Å². The fourth-order valence-electron chi connectivity index (χ4n) is 2.13. The minimum Gasteiger partial charge on any atom is -0.329 e. The Bertz CT molecular complexity index is 429. The molecule has 3 heteroatoms. The molecule has 2 rings (SSSR count). The maximum atomic E-state index is 5.96. The number of alkyl halides is 1. The third-order valence-electron chi connectivity index (χ3n) is 3.09. The van der Waals surface area contributed by atoms with E-state index < -0.39 is 0 Å². The van der Waals surface area contributed by atoms with Crippen LogP contribution in [0.5, 0.6) is 0 Å². The number of nitrogens with two attached hydrogens (primary N) is 1. The first-order chi connectivity index (χ1) is 8.72. The van der Waals surface area contributed by atoms with Crippen LogP contribution in [0.3, 0.4) is 0 Å². The third-order valence-corrected chi connectivity index (χ3v) is 3.98. The van der Waals surface area contributed by atoms with Crippen LogP contribution in [0.1, 0.15) is 11.1 Å². The van der Waals surface area contributed by atoms with Crippen LogP contribution < -0.4 is 5.73 Å². The van der Waals surface area contributed by atoms with Crippen LogP contribution in [-0.2, 0) is 12.8 Å². The van der Waals surface area contributed by atoms with Gasteiger partial charge in [-0.25, -0.2) is 0 Å². The second-order valence-corrected chi connectivity index (χ2v) is 6.36. The molecule has 0 aromatic heterocycles. The highest BCUT2D eigenvalue weighted by atomic mass is 79.9. The first-order valence-corrected chi connectivity index (χ1v) is 6.98. The summed E-state index contributed by atoms with van der Waals surface area (Å²) < 4.78 is -0.0598. The maximum absolute atomic E-state index is 5.96. The summed E-state index contributed by atoms with van der Waals surface area (Å²) in [4.78, 5) is 0. The van der Waals surface area contributed by atoms with Crippen molar-refractivity contribution >= 4 is 32.9 Å². The molecule has 102 valence electrons. The fraction of sp³-hybridized carbons (Fsp3) is 0.250. The number of hydrogen-bond acceptors (Lipinski definition) is 1. The van der Waals surface area contributed by atoms with Crippen LogP contribution >= 0.6 is 32.9 Å². The van der Waals surface area contributed by atoms with Gasteiger partial charge in [0, 0.05) is 10.9 Å². The highest BCUT2D eigenvalue weighted by Crippen LogP contribution is 2.27. The van der Waals surface area contributed by atoms with Crippen molar-refractivity contribution in [2.75, 3.05) is 6.54 Å². The van der Waals surface area contributed by atoms with E-state index in [2.05, 4.69) is 64.5 Å². The quantitative estimate of drug-likeness (QED) is 0.770. The van der Waals surface area contributed by atoms with Crippen molar-refractivity contribution in [3.05, 3.63) is 71.8 Å². The predicted molar refractivity (Wildman–Crippen MR) is 91.3 cm³/mol. The van der Waals surface area contributed by atoms with Crippen LogP contribution in [-0.4, -0.2) is 10.9 Å². The second-order valence-electron chi connectivity index (χ2n) is 4.68. The lowest BCUT2D eigenvalue weighted by molar-refractivity contribution is 0.602. The number of benzene rings is 2. The molecule has 0 radical (unpaired) electrons. The Kier molecular flexibility index (Phi) is 6.76. The highest BCUT2D eigenvalue weighted by Gasteiger charge is 2.25. The summed E-state index contributed by atoms with van der Waals surface area (Å²) in [7, 11) is 0. The first-order valence-electron chi connectivity index (χ1n) is 6.19. The molecule has 0 fully saturated rings. The zero-order chi connectivity index (χ0) is 12.8. The second kappa shape index (κ2) is 7.83. The van der Waals surface area contributed by atoms with Gasteiger partial charge in [0.15, 0.2) is 0 Å². The Balaban J connectivity index is 0.00000180. The third kappa shape index (κ3) is 5.09. The van der Waals surface area contributed by atoms with Gasteiger partial charge in [-0.05, 0) is 24.0 Å². The van der Waals surface area contributed by atoms with Gasteiger partial charge in [-0.3, -0.25) is 0 Å². The van der Waals surface area contributed by atoms with E-state index in [1.165, 1.54) is 11.1 Å². The molecule has 1 nitrogen and oxygen atoms in total. The number of halogens is 2. The fourth-order valence-corrected chi connectivity index (χ4v) is 2.78. The monoisotopic (exact) mass is 383 g/mol. The normalized spacial score (nSPS) is 10.8. The van der Waals surface area contributed by atoms with Gasteiger partial charge in [0.2, 0.25) is 0 Å². The molecule has 0 saturated carbocycles. The van der Waals surface area contributed by atoms with Gasteiger partial charge in [-0.1, -0.05) is 76.6 Å². The Morgan fingerprint density at radius 1 is 0.789 bits per heavy atom. The zero-order valence-electron chi connectivity index (χ0n) is 10.8. The summed E-state index contributed by atoms with van der Waals surface area (Å²) in [5.41, 5.74) is 8.59. The Morgan fingerprint density at radius 2 is 1.16 bits per heavy atom. The molecule has 0 aliphatic rings. The molecule has 0 saturated heterocycles. The molecular weight excluding hydrogens is 366 g/mol. The van der Waals surface area contributed by atoms with Crippen molar-refractivity contribution in [2.24, 2.45) is 5.73 Å². The molecule has 0 bridgehead atoms. The van der Waals surface area contributed by atoms with Gasteiger partial charge in [-0.15, -0.1) is 17.0 Å². The molecule has 19 heavy (non-hydrogen) atoms. The van der Waals surface area contributed by atoms with E-state index in [1.807, 2.05) is 12.1 Å². The Morgan fingerprint density at radius 3 is 1.47 bits per heavy atom. The summed E-state index contributed by atoms with van der Waals surface area (Å²) in [6.45, 7) is 0.622. The average molecular weight is 385 g/mol. The average Bonchev–Trinajstić information content (AvgIpc) is 2.41. The van der Waals surface area contributed by atoms with Crippen molar-refractivity contribution < 1.29 is 0 Å². The SMILES string of the molecule is Br.NCC(Br)(Cc1ccccc1)Cc1ccccc1. The van der Waals surface area contributed by atoms with Crippen molar-refractivity contribution in [3.63, 3.8) is 0 Å².